The highest BCUT2D eigenvalue weighted by atomic mass is 19.1. The molecule has 0 atom stereocenters. The van der Waals surface area contributed by atoms with E-state index in [1.54, 1.807) is 13.0 Å². The summed E-state index contributed by atoms with van der Waals surface area (Å²) in [6.45, 7) is 2.09. The van der Waals surface area contributed by atoms with Crippen molar-refractivity contribution in [2.75, 3.05) is 12.3 Å². The van der Waals surface area contributed by atoms with Crippen LogP contribution in [0.3, 0.4) is 0 Å². The van der Waals surface area contributed by atoms with Crippen LogP contribution >= 0.6 is 0 Å². The van der Waals surface area contributed by atoms with E-state index in [9.17, 15) is 14.0 Å². The Balaban J connectivity index is 1.32. The van der Waals surface area contributed by atoms with Crippen LogP contribution in [0.1, 0.15) is 54.6 Å². The maximum Gasteiger partial charge on any atom is 0.269 e. The number of carbonyl (C=O) groups is 1. The monoisotopic (exact) mass is 551 g/mol. The number of benzene rings is 2. The average Bonchev–Trinajstić information content (AvgIpc) is 3.64. The third-order valence-corrected chi connectivity index (χ3v) is 7.72. The van der Waals surface area contributed by atoms with Crippen LogP contribution in [-0.4, -0.2) is 31.5 Å². The van der Waals surface area contributed by atoms with Crippen LogP contribution in [0.2, 0.25) is 0 Å². The van der Waals surface area contributed by atoms with E-state index in [-0.39, 0.29) is 23.5 Å². The van der Waals surface area contributed by atoms with Gasteiger partial charge in [-0.25, -0.2) is 14.4 Å². The number of Topliss-reactive ketones (excluding diaryl/α,β-unsaturated/α-hetero) is 1. The quantitative estimate of drug-likeness (QED) is 0.241. The van der Waals surface area contributed by atoms with E-state index in [2.05, 4.69) is 20.7 Å². The van der Waals surface area contributed by atoms with Gasteiger partial charge in [0, 0.05) is 36.1 Å². The fraction of sp³-hybridized carbons (Fsp3) is 0.250. The van der Waals surface area contributed by atoms with Crippen LogP contribution in [0.4, 0.5) is 10.2 Å². The van der Waals surface area contributed by atoms with Gasteiger partial charge in [0.2, 0.25) is 0 Å². The standard InChI is InChI=1S/C32H30FN5O3/c1-2-41-27-15-16-37(24-13-11-22(33)12-14-24)32(40)29(27)26(39)17-20-7-9-21(10-8-20)25-18-38(23-5-3-4-6-23)31-28(25)30(34)35-19-36-31/h7-16,18-19,23H,2-6,17H2,1H3,(H2,34,35,36). The van der Waals surface area contributed by atoms with Gasteiger partial charge >= 0.3 is 0 Å². The third-order valence-electron chi connectivity index (χ3n) is 7.72. The summed E-state index contributed by atoms with van der Waals surface area (Å²) >= 11 is 0. The summed E-state index contributed by atoms with van der Waals surface area (Å²) in [5, 5.41) is 0.829. The predicted octanol–water partition coefficient (Wildman–Crippen LogP) is 5.91. The molecule has 6 rings (SSSR count). The second-order valence-corrected chi connectivity index (χ2v) is 10.3. The van der Waals surface area contributed by atoms with Crippen LogP contribution in [-0.2, 0) is 6.42 Å². The molecule has 3 aromatic heterocycles. The van der Waals surface area contributed by atoms with Crippen molar-refractivity contribution in [3.05, 3.63) is 101 Å². The number of carbonyl (C=O) groups excluding carboxylic acids is 1. The SMILES string of the molecule is CCOc1ccn(-c2ccc(F)cc2)c(=O)c1C(=O)Cc1ccc(-c2cn(C3CCCC3)c3ncnc(N)c23)cc1. The first kappa shape index (κ1) is 26.4. The molecule has 0 unspecified atom stereocenters. The maximum absolute atomic E-state index is 13.5. The molecule has 0 saturated heterocycles. The Morgan fingerprint density at radius 1 is 1.05 bits per heavy atom. The summed E-state index contributed by atoms with van der Waals surface area (Å²) in [7, 11) is 0. The van der Waals surface area contributed by atoms with Crippen LogP contribution in [0.15, 0.2) is 78.1 Å². The molecule has 2 N–H and O–H groups in total. The van der Waals surface area contributed by atoms with Crippen molar-refractivity contribution in [2.24, 2.45) is 0 Å². The Labute approximate surface area is 236 Å². The lowest BCUT2D eigenvalue weighted by atomic mass is 9.99. The number of aromatic nitrogens is 4. The lowest BCUT2D eigenvalue weighted by Crippen LogP contribution is -2.26. The zero-order chi connectivity index (χ0) is 28.5. The largest absolute Gasteiger partial charge is 0.493 e. The van der Waals surface area contributed by atoms with Gasteiger partial charge in [0.1, 0.15) is 34.9 Å². The Kier molecular flexibility index (Phi) is 7.09. The lowest BCUT2D eigenvalue weighted by molar-refractivity contribution is 0.0987. The molecule has 1 aliphatic rings. The summed E-state index contributed by atoms with van der Waals surface area (Å²) in [4.78, 5) is 35.7. The van der Waals surface area contributed by atoms with Crippen LogP contribution in [0, 0.1) is 5.82 Å². The normalized spacial score (nSPS) is 13.6. The van der Waals surface area contributed by atoms with E-state index in [0.717, 1.165) is 40.6 Å². The molecule has 0 spiro atoms. The van der Waals surface area contributed by atoms with Crippen LogP contribution < -0.4 is 16.0 Å². The summed E-state index contributed by atoms with van der Waals surface area (Å²) in [5.41, 5.74) is 9.70. The first-order valence-electron chi connectivity index (χ1n) is 13.8. The number of hydrogen-bond acceptors (Lipinski definition) is 6. The molecule has 1 saturated carbocycles. The van der Waals surface area contributed by atoms with Crippen molar-refractivity contribution in [3.63, 3.8) is 0 Å². The van der Waals surface area contributed by atoms with Gasteiger partial charge in [0.15, 0.2) is 5.78 Å². The molecule has 8 nitrogen and oxygen atoms in total. The number of ketones is 1. The first-order valence-corrected chi connectivity index (χ1v) is 13.8. The van der Waals surface area contributed by atoms with Crippen molar-refractivity contribution in [2.45, 2.75) is 45.1 Å². The van der Waals surface area contributed by atoms with Gasteiger partial charge in [-0.05, 0) is 61.2 Å². The van der Waals surface area contributed by atoms with Crippen LogP contribution in [0.25, 0.3) is 27.8 Å². The molecule has 5 aromatic rings. The highest BCUT2D eigenvalue weighted by Crippen LogP contribution is 2.38. The maximum atomic E-state index is 13.5. The molecule has 2 aromatic carbocycles. The number of nitrogens with zero attached hydrogens (tertiary/aromatic N) is 4. The molecule has 1 aliphatic carbocycles. The Morgan fingerprint density at radius 3 is 2.49 bits per heavy atom. The van der Waals surface area contributed by atoms with Gasteiger partial charge in [0.25, 0.3) is 5.56 Å². The van der Waals surface area contributed by atoms with E-state index in [4.69, 9.17) is 10.5 Å². The van der Waals surface area contributed by atoms with Gasteiger partial charge in [0.05, 0.1) is 12.0 Å². The minimum atomic E-state index is -0.514. The van der Waals surface area contributed by atoms with E-state index >= 15 is 0 Å². The lowest BCUT2D eigenvalue weighted by Gasteiger charge is -2.13. The number of pyridine rings is 1. The summed E-state index contributed by atoms with van der Waals surface area (Å²) in [6, 6.07) is 15.2. The van der Waals surface area contributed by atoms with Crippen molar-refractivity contribution >= 4 is 22.6 Å². The second kappa shape index (κ2) is 11.0. The molecule has 0 amide bonds. The van der Waals surface area contributed by atoms with Gasteiger partial charge in [-0.3, -0.25) is 14.2 Å². The zero-order valence-corrected chi connectivity index (χ0v) is 22.7. The van der Waals surface area contributed by atoms with Crippen molar-refractivity contribution in [3.8, 4) is 22.6 Å². The molecule has 0 bridgehead atoms. The van der Waals surface area contributed by atoms with Crippen molar-refractivity contribution < 1.29 is 13.9 Å². The Morgan fingerprint density at radius 2 is 1.78 bits per heavy atom. The Hall–Kier alpha value is -4.79. The number of nitrogen functional groups attached to an aromatic ring is 1. The predicted molar refractivity (Wildman–Crippen MR) is 156 cm³/mol. The highest BCUT2D eigenvalue weighted by Gasteiger charge is 2.24. The third kappa shape index (κ3) is 4.99. The summed E-state index contributed by atoms with van der Waals surface area (Å²) < 4.78 is 22.6. The number of nitrogens with two attached hydrogens (primary N) is 1. The fourth-order valence-corrected chi connectivity index (χ4v) is 5.72. The second-order valence-electron chi connectivity index (χ2n) is 10.3. The number of rotatable bonds is 8. The van der Waals surface area contributed by atoms with Gasteiger partial charge in [-0.2, -0.15) is 0 Å². The van der Waals surface area contributed by atoms with Crippen molar-refractivity contribution in [1.29, 1.82) is 0 Å². The van der Waals surface area contributed by atoms with E-state index in [1.807, 2.05) is 24.3 Å². The number of halogens is 1. The topological polar surface area (TPSA) is 105 Å². The molecule has 3 heterocycles. The van der Waals surface area contributed by atoms with Gasteiger partial charge < -0.3 is 15.0 Å². The number of fused-ring (bicyclic) bond motifs is 1. The highest BCUT2D eigenvalue weighted by molar-refractivity contribution is 6.01. The number of hydrogen-bond donors (Lipinski definition) is 1. The Bertz CT molecular complexity index is 1790. The van der Waals surface area contributed by atoms with E-state index < -0.39 is 11.4 Å². The van der Waals surface area contributed by atoms with Crippen LogP contribution in [0.5, 0.6) is 5.75 Å². The average molecular weight is 552 g/mol. The first-order chi connectivity index (χ1) is 19.9. The molecular formula is C32H30FN5O3. The molecule has 0 radical (unpaired) electrons. The van der Waals surface area contributed by atoms with Crippen molar-refractivity contribution in [1.82, 2.24) is 19.1 Å². The number of ether oxygens (including phenoxy) is 1. The summed E-state index contributed by atoms with van der Waals surface area (Å²) in [5.74, 6) is -0.109. The summed E-state index contributed by atoms with van der Waals surface area (Å²) in [6.07, 6.45) is 9.78. The fourth-order valence-electron chi connectivity index (χ4n) is 5.72. The zero-order valence-electron chi connectivity index (χ0n) is 22.7. The smallest absolute Gasteiger partial charge is 0.269 e. The minimum absolute atomic E-state index is 0.0120. The number of anilines is 1. The molecule has 0 aliphatic heterocycles. The van der Waals surface area contributed by atoms with Gasteiger partial charge in [-0.15, -0.1) is 0 Å². The molecular weight excluding hydrogens is 521 g/mol. The minimum Gasteiger partial charge on any atom is -0.493 e. The molecule has 1 fully saturated rings. The van der Waals surface area contributed by atoms with Gasteiger partial charge in [-0.1, -0.05) is 37.1 Å². The van der Waals surface area contributed by atoms with E-state index in [0.29, 0.717) is 24.2 Å². The molecule has 208 valence electrons. The molecule has 9 heteroatoms. The molecule has 41 heavy (non-hydrogen) atoms. The van der Waals surface area contributed by atoms with E-state index in [1.165, 1.54) is 54.2 Å².